The van der Waals surface area contributed by atoms with Crippen LogP contribution < -0.4 is 4.74 Å². The lowest BCUT2D eigenvalue weighted by Crippen LogP contribution is -2.16. The van der Waals surface area contributed by atoms with Crippen molar-refractivity contribution in [2.45, 2.75) is 12.3 Å². The van der Waals surface area contributed by atoms with Crippen molar-refractivity contribution < 1.29 is 24.0 Å². The SMILES string of the molecule is COc1ccc(C(CC(=O)O)C[N+](=O)[O-])c2c1oc1ccccc12. The molecule has 7 heteroatoms. The number of carboxylic acids is 1. The summed E-state index contributed by atoms with van der Waals surface area (Å²) in [5.74, 6) is -1.34. The van der Waals surface area contributed by atoms with Gasteiger partial charge < -0.3 is 14.3 Å². The van der Waals surface area contributed by atoms with Gasteiger partial charge in [0.05, 0.1) is 19.4 Å². The lowest BCUT2D eigenvalue weighted by Gasteiger charge is -2.13. The molecule has 24 heavy (non-hydrogen) atoms. The Morgan fingerprint density at radius 2 is 2.08 bits per heavy atom. The maximum absolute atomic E-state index is 11.2. The van der Waals surface area contributed by atoms with Gasteiger partial charge in [0.2, 0.25) is 6.54 Å². The number of carbonyl (C=O) groups is 1. The quantitative estimate of drug-likeness (QED) is 0.549. The summed E-state index contributed by atoms with van der Waals surface area (Å²) < 4.78 is 11.1. The summed E-state index contributed by atoms with van der Waals surface area (Å²) in [5, 5.41) is 21.6. The highest BCUT2D eigenvalue weighted by atomic mass is 16.6. The Kier molecular flexibility index (Phi) is 4.07. The van der Waals surface area contributed by atoms with Crippen LogP contribution in [0.5, 0.6) is 5.75 Å². The first-order chi connectivity index (χ1) is 11.5. The average molecular weight is 329 g/mol. The molecule has 2 aromatic carbocycles. The number of hydrogen-bond donors (Lipinski definition) is 1. The number of aliphatic carboxylic acids is 1. The third-order valence-corrected chi connectivity index (χ3v) is 3.97. The van der Waals surface area contributed by atoms with Crippen molar-refractivity contribution in [1.29, 1.82) is 0 Å². The highest BCUT2D eigenvalue weighted by Gasteiger charge is 2.26. The van der Waals surface area contributed by atoms with Crippen LogP contribution in [0.3, 0.4) is 0 Å². The van der Waals surface area contributed by atoms with Gasteiger partial charge in [0.15, 0.2) is 11.3 Å². The molecule has 1 heterocycles. The third kappa shape index (κ3) is 2.76. The van der Waals surface area contributed by atoms with Gasteiger partial charge in [0, 0.05) is 15.7 Å². The molecule has 0 aliphatic rings. The van der Waals surface area contributed by atoms with Crippen LogP contribution in [0, 0.1) is 10.1 Å². The van der Waals surface area contributed by atoms with Crippen molar-refractivity contribution in [3.8, 4) is 5.75 Å². The van der Waals surface area contributed by atoms with Crippen LogP contribution >= 0.6 is 0 Å². The molecule has 0 fully saturated rings. The van der Waals surface area contributed by atoms with E-state index < -0.39 is 23.4 Å². The zero-order valence-electron chi connectivity index (χ0n) is 12.9. The molecule has 0 saturated heterocycles. The molecule has 3 aromatic rings. The van der Waals surface area contributed by atoms with Gasteiger partial charge in [0.25, 0.3) is 0 Å². The van der Waals surface area contributed by atoms with Crippen molar-refractivity contribution in [3.05, 3.63) is 52.1 Å². The summed E-state index contributed by atoms with van der Waals surface area (Å²) in [6.45, 7) is -0.465. The number of hydrogen-bond acceptors (Lipinski definition) is 5. The molecule has 7 nitrogen and oxygen atoms in total. The molecule has 1 aromatic heterocycles. The fourth-order valence-corrected chi connectivity index (χ4v) is 2.99. The van der Waals surface area contributed by atoms with Crippen LogP contribution in [0.25, 0.3) is 21.9 Å². The summed E-state index contributed by atoms with van der Waals surface area (Å²) in [6, 6.07) is 10.6. The van der Waals surface area contributed by atoms with Crippen LogP contribution in [0.15, 0.2) is 40.8 Å². The molecule has 1 unspecified atom stereocenters. The molecule has 0 bridgehead atoms. The smallest absolute Gasteiger partial charge is 0.304 e. The molecule has 1 N–H and O–H groups in total. The van der Waals surface area contributed by atoms with Crippen molar-refractivity contribution >= 4 is 27.9 Å². The van der Waals surface area contributed by atoms with Crippen LogP contribution in [0.2, 0.25) is 0 Å². The molecule has 3 rings (SSSR count). The third-order valence-electron chi connectivity index (χ3n) is 3.97. The van der Waals surface area contributed by atoms with Gasteiger partial charge in [-0.15, -0.1) is 0 Å². The summed E-state index contributed by atoms with van der Waals surface area (Å²) in [7, 11) is 1.51. The molecule has 0 radical (unpaired) electrons. The van der Waals surface area contributed by atoms with Gasteiger partial charge in [0.1, 0.15) is 5.58 Å². The van der Waals surface area contributed by atoms with Crippen LogP contribution in [0.4, 0.5) is 0 Å². The normalized spacial score (nSPS) is 12.4. The Balaban J connectivity index is 2.29. The Labute approximate surface area is 136 Å². The number of rotatable bonds is 6. The maximum atomic E-state index is 11.2. The predicted molar refractivity (Wildman–Crippen MR) is 87.1 cm³/mol. The van der Waals surface area contributed by atoms with E-state index in [1.807, 2.05) is 18.2 Å². The highest BCUT2D eigenvalue weighted by Crippen LogP contribution is 2.40. The van der Waals surface area contributed by atoms with Crippen LogP contribution in [-0.4, -0.2) is 29.7 Å². The minimum absolute atomic E-state index is 0.331. The van der Waals surface area contributed by atoms with Gasteiger partial charge in [-0.1, -0.05) is 24.3 Å². The summed E-state index contributed by atoms with van der Waals surface area (Å²) in [6.07, 6.45) is -0.331. The van der Waals surface area contributed by atoms with E-state index in [-0.39, 0.29) is 6.42 Å². The average Bonchev–Trinajstić information content (AvgIpc) is 2.92. The summed E-state index contributed by atoms with van der Waals surface area (Å²) in [4.78, 5) is 21.7. The Hall–Kier alpha value is -3.09. The fourth-order valence-electron chi connectivity index (χ4n) is 2.99. The first kappa shape index (κ1) is 15.8. The van der Waals surface area contributed by atoms with E-state index in [4.69, 9.17) is 14.3 Å². The van der Waals surface area contributed by atoms with Crippen LogP contribution in [-0.2, 0) is 4.79 Å². The standard InChI is InChI=1S/C17H15NO6/c1-23-14-7-6-11(10(8-15(19)20)9-18(21)22)16-12-4-2-3-5-13(12)24-17(14)16/h2-7,10H,8-9H2,1H3,(H,19,20). The van der Waals surface area contributed by atoms with Crippen molar-refractivity contribution in [2.24, 2.45) is 0 Å². The van der Waals surface area contributed by atoms with E-state index in [9.17, 15) is 14.9 Å². The number of fused-ring (bicyclic) bond motifs is 3. The number of benzene rings is 2. The van der Waals surface area contributed by atoms with Crippen LogP contribution in [0.1, 0.15) is 17.9 Å². The number of nitro groups is 1. The fraction of sp³-hybridized carbons (Fsp3) is 0.235. The Morgan fingerprint density at radius 1 is 1.33 bits per heavy atom. The number of para-hydroxylation sites is 1. The van der Waals surface area contributed by atoms with Crippen molar-refractivity contribution in [1.82, 2.24) is 0 Å². The zero-order chi connectivity index (χ0) is 17.3. The molecule has 0 aliphatic carbocycles. The molecule has 0 spiro atoms. The lowest BCUT2D eigenvalue weighted by molar-refractivity contribution is -0.483. The van der Waals surface area contributed by atoms with Gasteiger partial charge in [-0.05, 0) is 17.7 Å². The largest absolute Gasteiger partial charge is 0.493 e. The number of ether oxygens (including phenoxy) is 1. The first-order valence-electron chi connectivity index (χ1n) is 7.33. The predicted octanol–water partition coefficient (Wildman–Crippen LogP) is 3.43. The van der Waals surface area contributed by atoms with E-state index in [1.165, 1.54) is 7.11 Å². The first-order valence-corrected chi connectivity index (χ1v) is 7.33. The number of methoxy groups -OCH3 is 1. The lowest BCUT2D eigenvalue weighted by atomic mass is 9.91. The highest BCUT2D eigenvalue weighted by molar-refractivity contribution is 6.09. The van der Waals surface area contributed by atoms with Crippen molar-refractivity contribution in [3.63, 3.8) is 0 Å². The van der Waals surface area contributed by atoms with Crippen molar-refractivity contribution in [2.75, 3.05) is 13.7 Å². The monoisotopic (exact) mass is 329 g/mol. The van der Waals surface area contributed by atoms with E-state index >= 15 is 0 Å². The summed E-state index contributed by atoms with van der Waals surface area (Å²) >= 11 is 0. The number of carboxylic acid groups (broad SMARTS) is 1. The number of nitrogens with zero attached hydrogens (tertiary/aromatic N) is 1. The Bertz CT molecular complexity index is 913. The molecular formula is C17H15NO6. The molecule has 124 valence electrons. The van der Waals surface area contributed by atoms with Gasteiger partial charge in [-0.3, -0.25) is 14.9 Å². The van der Waals surface area contributed by atoms with E-state index in [1.54, 1.807) is 18.2 Å². The molecule has 0 amide bonds. The second-order valence-corrected chi connectivity index (χ2v) is 5.47. The van der Waals surface area contributed by atoms with E-state index in [0.29, 0.717) is 27.9 Å². The minimum Gasteiger partial charge on any atom is -0.493 e. The topological polar surface area (TPSA) is 103 Å². The molecular weight excluding hydrogens is 314 g/mol. The van der Waals surface area contributed by atoms with Gasteiger partial charge in [-0.2, -0.15) is 0 Å². The molecule has 0 saturated carbocycles. The van der Waals surface area contributed by atoms with Gasteiger partial charge in [-0.25, -0.2) is 0 Å². The second kappa shape index (κ2) is 6.19. The summed E-state index contributed by atoms with van der Waals surface area (Å²) in [5.41, 5.74) is 1.67. The zero-order valence-corrected chi connectivity index (χ0v) is 12.9. The Morgan fingerprint density at radius 3 is 2.75 bits per heavy atom. The molecule has 0 aliphatic heterocycles. The molecule has 1 atom stereocenters. The number of furan rings is 1. The van der Waals surface area contributed by atoms with E-state index in [2.05, 4.69) is 0 Å². The second-order valence-electron chi connectivity index (χ2n) is 5.47. The van der Waals surface area contributed by atoms with Gasteiger partial charge >= 0.3 is 5.97 Å². The maximum Gasteiger partial charge on any atom is 0.304 e. The minimum atomic E-state index is -1.08. The van der Waals surface area contributed by atoms with E-state index in [0.717, 1.165) is 5.39 Å².